The highest BCUT2D eigenvalue weighted by atomic mass is 35.5. The van der Waals surface area contributed by atoms with Gasteiger partial charge in [0.15, 0.2) is 0 Å². The Balaban J connectivity index is 2.71. The second kappa shape index (κ2) is 3.05. The highest BCUT2D eigenvalue weighted by molar-refractivity contribution is 7.17. The highest BCUT2D eigenvalue weighted by Crippen LogP contribution is 2.30. The van der Waals surface area contributed by atoms with Crippen LogP contribution in [0.4, 0.5) is 0 Å². The standard InChI is InChI=1S/C9H8ClNS/c10-8-5-12-9-2-1-6(4-11)3-7(8)9/h1-3,5H,4,11H2. The van der Waals surface area contributed by atoms with E-state index in [-0.39, 0.29) is 0 Å². The largest absolute Gasteiger partial charge is 0.326 e. The van der Waals surface area contributed by atoms with E-state index in [1.807, 2.05) is 17.5 Å². The molecule has 0 aliphatic carbocycles. The molecule has 62 valence electrons. The quantitative estimate of drug-likeness (QED) is 0.748. The molecule has 0 fully saturated rings. The van der Waals surface area contributed by atoms with Crippen LogP contribution in [-0.4, -0.2) is 0 Å². The van der Waals surface area contributed by atoms with Gasteiger partial charge in [0.05, 0.1) is 5.02 Å². The molecule has 0 amide bonds. The molecular weight excluding hydrogens is 190 g/mol. The number of thiophene rings is 1. The molecule has 1 aromatic heterocycles. The minimum atomic E-state index is 0.572. The molecule has 0 atom stereocenters. The molecule has 12 heavy (non-hydrogen) atoms. The second-order valence-electron chi connectivity index (χ2n) is 2.62. The monoisotopic (exact) mass is 197 g/mol. The number of fused-ring (bicyclic) bond motifs is 1. The third-order valence-corrected chi connectivity index (χ3v) is 3.23. The smallest absolute Gasteiger partial charge is 0.0591 e. The molecule has 1 heterocycles. The number of benzene rings is 1. The maximum atomic E-state index is 5.97. The summed E-state index contributed by atoms with van der Waals surface area (Å²) in [6, 6.07) is 6.15. The topological polar surface area (TPSA) is 26.0 Å². The average Bonchev–Trinajstić information content (AvgIpc) is 2.47. The van der Waals surface area contributed by atoms with Gasteiger partial charge in [0.1, 0.15) is 0 Å². The van der Waals surface area contributed by atoms with Crippen molar-refractivity contribution < 1.29 is 0 Å². The zero-order chi connectivity index (χ0) is 8.55. The Bertz CT molecular complexity index is 408. The Kier molecular flexibility index (Phi) is 2.05. The van der Waals surface area contributed by atoms with Gasteiger partial charge in [-0.25, -0.2) is 0 Å². The summed E-state index contributed by atoms with van der Waals surface area (Å²) in [5, 5.41) is 3.89. The predicted molar refractivity (Wildman–Crippen MR) is 54.7 cm³/mol. The van der Waals surface area contributed by atoms with Crippen molar-refractivity contribution in [3.63, 3.8) is 0 Å². The lowest BCUT2D eigenvalue weighted by Gasteiger charge is -1.95. The van der Waals surface area contributed by atoms with Crippen LogP contribution in [0.1, 0.15) is 5.56 Å². The molecule has 2 aromatic rings. The summed E-state index contributed by atoms with van der Waals surface area (Å²) in [7, 11) is 0. The van der Waals surface area contributed by atoms with Crippen molar-refractivity contribution in [3.8, 4) is 0 Å². The third kappa shape index (κ3) is 1.22. The van der Waals surface area contributed by atoms with Crippen LogP contribution >= 0.6 is 22.9 Å². The number of hydrogen-bond donors (Lipinski definition) is 1. The lowest BCUT2D eigenvalue weighted by Crippen LogP contribution is -1.94. The summed E-state index contributed by atoms with van der Waals surface area (Å²) < 4.78 is 1.22. The summed E-state index contributed by atoms with van der Waals surface area (Å²) >= 11 is 7.63. The first-order chi connectivity index (χ1) is 5.81. The van der Waals surface area contributed by atoms with Gasteiger partial charge < -0.3 is 5.73 Å². The Morgan fingerprint density at radius 2 is 2.25 bits per heavy atom. The van der Waals surface area contributed by atoms with Gasteiger partial charge in [-0.15, -0.1) is 11.3 Å². The Labute approximate surface area is 79.8 Å². The number of rotatable bonds is 1. The molecule has 3 heteroatoms. The molecule has 0 saturated heterocycles. The lowest BCUT2D eigenvalue weighted by molar-refractivity contribution is 1.08. The lowest BCUT2D eigenvalue weighted by atomic mass is 10.2. The van der Waals surface area contributed by atoms with Crippen molar-refractivity contribution in [1.82, 2.24) is 0 Å². The SMILES string of the molecule is NCc1ccc2scc(Cl)c2c1. The van der Waals surface area contributed by atoms with E-state index in [1.54, 1.807) is 11.3 Å². The van der Waals surface area contributed by atoms with E-state index in [1.165, 1.54) is 4.70 Å². The van der Waals surface area contributed by atoms with Crippen molar-refractivity contribution in [2.24, 2.45) is 5.73 Å². The number of halogens is 1. The maximum Gasteiger partial charge on any atom is 0.0591 e. The van der Waals surface area contributed by atoms with E-state index in [4.69, 9.17) is 17.3 Å². The van der Waals surface area contributed by atoms with Crippen LogP contribution in [0.5, 0.6) is 0 Å². The first kappa shape index (κ1) is 8.05. The molecule has 0 saturated carbocycles. The van der Waals surface area contributed by atoms with Crippen LogP contribution in [-0.2, 0) is 6.54 Å². The van der Waals surface area contributed by atoms with E-state index in [9.17, 15) is 0 Å². The van der Waals surface area contributed by atoms with Crippen molar-refractivity contribution >= 4 is 33.0 Å². The molecule has 0 aliphatic rings. The minimum Gasteiger partial charge on any atom is -0.326 e. The summed E-state index contributed by atoms with van der Waals surface area (Å²) in [6.45, 7) is 0.572. The normalized spacial score (nSPS) is 10.8. The molecule has 2 rings (SSSR count). The highest BCUT2D eigenvalue weighted by Gasteiger charge is 2.01. The molecule has 2 N–H and O–H groups in total. The molecule has 0 unspecified atom stereocenters. The summed E-state index contributed by atoms with van der Waals surface area (Å²) in [5.74, 6) is 0. The molecule has 0 bridgehead atoms. The number of hydrogen-bond acceptors (Lipinski definition) is 2. The second-order valence-corrected chi connectivity index (χ2v) is 3.94. The fourth-order valence-corrected chi connectivity index (χ4v) is 2.32. The molecule has 0 spiro atoms. The fraction of sp³-hybridized carbons (Fsp3) is 0.111. The molecule has 1 aromatic carbocycles. The molecular formula is C9H8ClNS. The average molecular weight is 198 g/mol. The first-order valence-electron chi connectivity index (χ1n) is 3.67. The zero-order valence-corrected chi connectivity index (χ0v) is 7.95. The van der Waals surface area contributed by atoms with Crippen LogP contribution in [0.15, 0.2) is 23.6 Å². The van der Waals surface area contributed by atoms with Gasteiger partial charge in [-0.2, -0.15) is 0 Å². The molecule has 1 nitrogen and oxygen atoms in total. The Hall–Kier alpha value is -0.570. The van der Waals surface area contributed by atoms with Crippen molar-refractivity contribution in [3.05, 3.63) is 34.2 Å². The van der Waals surface area contributed by atoms with Crippen LogP contribution in [0.2, 0.25) is 5.02 Å². The molecule has 0 aliphatic heterocycles. The zero-order valence-electron chi connectivity index (χ0n) is 6.38. The Morgan fingerprint density at radius 3 is 3.00 bits per heavy atom. The van der Waals surface area contributed by atoms with E-state index in [0.717, 1.165) is 16.0 Å². The van der Waals surface area contributed by atoms with Crippen molar-refractivity contribution in [1.29, 1.82) is 0 Å². The van der Waals surface area contributed by atoms with Gasteiger partial charge in [0.25, 0.3) is 0 Å². The minimum absolute atomic E-state index is 0.572. The van der Waals surface area contributed by atoms with E-state index in [2.05, 4.69) is 6.07 Å². The number of nitrogens with two attached hydrogens (primary N) is 1. The third-order valence-electron chi connectivity index (χ3n) is 1.83. The van der Waals surface area contributed by atoms with Crippen LogP contribution < -0.4 is 5.73 Å². The van der Waals surface area contributed by atoms with Gasteiger partial charge in [-0.3, -0.25) is 0 Å². The van der Waals surface area contributed by atoms with Gasteiger partial charge in [0, 0.05) is 22.0 Å². The summed E-state index contributed by atoms with van der Waals surface area (Å²) in [6.07, 6.45) is 0. The predicted octanol–water partition coefficient (Wildman–Crippen LogP) is 3.01. The van der Waals surface area contributed by atoms with Gasteiger partial charge in [0.2, 0.25) is 0 Å². The van der Waals surface area contributed by atoms with E-state index in [0.29, 0.717) is 6.54 Å². The Morgan fingerprint density at radius 1 is 1.42 bits per heavy atom. The fourth-order valence-electron chi connectivity index (χ4n) is 1.17. The van der Waals surface area contributed by atoms with Crippen molar-refractivity contribution in [2.45, 2.75) is 6.54 Å². The van der Waals surface area contributed by atoms with Gasteiger partial charge >= 0.3 is 0 Å². The summed E-state index contributed by atoms with van der Waals surface area (Å²) in [5.41, 5.74) is 6.65. The van der Waals surface area contributed by atoms with Gasteiger partial charge in [-0.05, 0) is 17.7 Å². The van der Waals surface area contributed by atoms with E-state index >= 15 is 0 Å². The summed E-state index contributed by atoms with van der Waals surface area (Å²) in [4.78, 5) is 0. The van der Waals surface area contributed by atoms with E-state index < -0.39 is 0 Å². The van der Waals surface area contributed by atoms with Gasteiger partial charge in [-0.1, -0.05) is 17.7 Å². The maximum absolute atomic E-state index is 5.97. The van der Waals surface area contributed by atoms with Crippen LogP contribution in [0, 0.1) is 0 Å². The molecule has 0 radical (unpaired) electrons. The van der Waals surface area contributed by atoms with Crippen LogP contribution in [0.25, 0.3) is 10.1 Å². The first-order valence-corrected chi connectivity index (χ1v) is 4.92. The van der Waals surface area contributed by atoms with Crippen LogP contribution in [0.3, 0.4) is 0 Å². The van der Waals surface area contributed by atoms with Crippen molar-refractivity contribution in [2.75, 3.05) is 0 Å².